The highest BCUT2D eigenvalue weighted by atomic mass is 35.5. The molecule has 0 aliphatic rings. The number of hydrogen-bond acceptors (Lipinski definition) is 3. The molecule has 2 N–H and O–H groups in total. The first-order chi connectivity index (χ1) is 8.46. The minimum atomic E-state index is 0.145. The van der Waals surface area contributed by atoms with Gasteiger partial charge in [0.05, 0.1) is 0 Å². The lowest BCUT2D eigenvalue weighted by Gasteiger charge is -2.31. The summed E-state index contributed by atoms with van der Waals surface area (Å²) in [5, 5.41) is 0.557. The predicted molar refractivity (Wildman–Crippen MR) is 77.7 cm³/mol. The zero-order chi connectivity index (χ0) is 13.6. The third-order valence-corrected chi connectivity index (χ3v) is 3.15. The Morgan fingerprint density at radius 2 is 2.17 bits per heavy atom. The normalized spacial score (nSPS) is 12.1. The number of aromatic nitrogens is 1. The molecule has 0 saturated carbocycles. The second-order valence-electron chi connectivity index (χ2n) is 5.57. The van der Waals surface area contributed by atoms with E-state index in [1.807, 2.05) is 12.1 Å². The molecule has 0 radical (unpaired) electrons. The SMILES string of the molecule is CCCN(Cc1ccnc(Cl)c1)CC(C)(C)CN. The molecular formula is C14H24ClN3. The number of nitrogens with zero attached hydrogens (tertiary/aromatic N) is 2. The highest BCUT2D eigenvalue weighted by Gasteiger charge is 2.19. The third kappa shape index (κ3) is 5.34. The summed E-state index contributed by atoms with van der Waals surface area (Å²) in [7, 11) is 0. The molecule has 0 saturated heterocycles. The van der Waals surface area contributed by atoms with E-state index in [1.54, 1.807) is 6.20 Å². The van der Waals surface area contributed by atoms with Gasteiger partial charge in [-0.15, -0.1) is 0 Å². The van der Waals surface area contributed by atoms with Crippen LogP contribution < -0.4 is 5.73 Å². The zero-order valence-corrected chi connectivity index (χ0v) is 12.4. The van der Waals surface area contributed by atoms with E-state index in [4.69, 9.17) is 17.3 Å². The molecule has 0 aliphatic heterocycles. The molecule has 1 aromatic rings. The van der Waals surface area contributed by atoms with Crippen molar-refractivity contribution in [1.82, 2.24) is 9.88 Å². The predicted octanol–water partition coefficient (Wildman–Crippen LogP) is 2.93. The molecule has 1 rings (SSSR count). The van der Waals surface area contributed by atoms with Gasteiger partial charge in [-0.1, -0.05) is 32.4 Å². The maximum absolute atomic E-state index is 5.92. The van der Waals surface area contributed by atoms with E-state index in [0.29, 0.717) is 11.7 Å². The van der Waals surface area contributed by atoms with E-state index in [-0.39, 0.29) is 5.41 Å². The minimum Gasteiger partial charge on any atom is -0.330 e. The summed E-state index contributed by atoms with van der Waals surface area (Å²) in [5.74, 6) is 0. The summed E-state index contributed by atoms with van der Waals surface area (Å²) in [6.07, 6.45) is 2.90. The van der Waals surface area contributed by atoms with E-state index >= 15 is 0 Å². The first-order valence-corrected chi connectivity index (χ1v) is 6.87. The summed E-state index contributed by atoms with van der Waals surface area (Å²) in [6.45, 7) is 10.3. The molecule has 1 aromatic heterocycles. The van der Waals surface area contributed by atoms with Crippen molar-refractivity contribution in [3.63, 3.8) is 0 Å². The van der Waals surface area contributed by atoms with Crippen molar-refractivity contribution in [1.29, 1.82) is 0 Å². The number of halogens is 1. The Morgan fingerprint density at radius 3 is 2.72 bits per heavy atom. The van der Waals surface area contributed by atoms with Crippen molar-refractivity contribution in [3.8, 4) is 0 Å². The van der Waals surface area contributed by atoms with Crippen molar-refractivity contribution in [2.75, 3.05) is 19.6 Å². The summed E-state index contributed by atoms with van der Waals surface area (Å²) >= 11 is 5.92. The average Bonchev–Trinajstić information content (AvgIpc) is 2.29. The maximum atomic E-state index is 5.92. The Morgan fingerprint density at radius 1 is 1.44 bits per heavy atom. The van der Waals surface area contributed by atoms with Crippen LogP contribution in [-0.2, 0) is 6.54 Å². The van der Waals surface area contributed by atoms with E-state index < -0.39 is 0 Å². The van der Waals surface area contributed by atoms with Crippen LogP contribution in [0.2, 0.25) is 5.15 Å². The standard InChI is InChI=1S/C14H24ClN3/c1-4-7-18(11-14(2,3)10-16)9-12-5-6-17-13(15)8-12/h5-6,8H,4,7,9-11,16H2,1-3H3. The molecule has 0 aliphatic carbocycles. The monoisotopic (exact) mass is 269 g/mol. The summed E-state index contributed by atoms with van der Waals surface area (Å²) in [5.41, 5.74) is 7.16. The zero-order valence-electron chi connectivity index (χ0n) is 11.6. The largest absolute Gasteiger partial charge is 0.330 e. The molecule has 18 heavy (non-hydrogen) atoms. The van der Waals surface area contributed by atoms with E-state index in [9.17, 15) is 0 Å². The molecule has 0 aromatic carbocycles. The number of nitrogens with two attached hydrogens (primary N) is 1. The van der Waals surface area contributed by atoms with E-state index in [0.717, 1.165) is 26.1 Å². The van der Waals surface area contributed by atoms with Crippen LogP contribution in [0.25, 0.3) is 0 Å². The van der Waals surface area contributed by atoms with Crippen LogP contribution in [0.3, 0.4) is 0 Å². The minimum absolute atomic E-state index is 0.145. The van der Waals surface area contributed by atoms with Gasteiger partial charge < -0.3 is 5.73 Å². The molecule has 0 bridgehead atoms. The van der Waals surface area contributed by atoms with Gasteiger partial charge in [0.1, 0.15) is 5.15 Å². The van der Waals surface area contributed by atoms with Crippen molar-refractivity contribution < 1.29 is 0 Å². The van der Waals surface area contributed by atoms with Crippen LogP contribution in [0.1, 0.15) is 32.8 Å². The molecule has 0 spiro atoms. The molecule has 4 heteroatoms. The molecule has 1 heterocycles. The van der Waals surface area contributed by atoms with Gasteiger partial charge >= 0.3 is 0 Å². The topological polar surface area (TPSA) is 42.2 Å². The highest BCUT2D eigenvalue weighted by molar-refractivity contribution is 6.29. The van der Waals surface area contributed by atoms with Gasteiger partial charge in [0.2, 0.25) is 0 Å². The smallest absolute Gasteiger partial charge is 0.129 e. The maximum Gasteiger partial charge on any atom is 0.129 e. The first kappa shape index (κ1) is 15.4. The second kappa shape index (κ2) is 7.07. The average molecular weight is 270 g/mol. The lowest BCUT2D eigenvalue weighted by Crippen LogP contribution is -2.38. The fraction of sp³-hybridized carbons (Fsp3) is 0.643. The quantitative estimate of drug-likeness (QED) is 0.774. The van der Waals surface area contributed by atoms with Gasteiger partial charge in [-0.3, -0.25) is 4.90 Å². The van der Waals surface area contributed by atoms with Crippen molar-refractivity contribution in [2.45, 2.75) is 33.7 Å². The van der Waals surface area contributed by atoms with E-state index in [1.165, 1.54) is 5.56 Å². The summed E-state index contributed by atoms with van der Waals surface area (Å²) < 4.78 is 0. The van der Waals surface area contributed by atoms with Crippen LogP contribution in [0.4, 0.5) is 0 Å². The van der Waals surface area contributed by atoms with Crippen molar-refractivity contribution >= 4 is 11.6 Å². The Bertz CT molecular complexity index is 366. The number of rotatable bonds is 7. The van der Waals surface area contributed by atoms with Gasteiger partial charge in [-0.05, 0) is 42.6 Å². The fourth-order valence-corrected chi connectivity index (χ4v) is 2.20. The summed E-state index contributed by atoms with van der Waals surface area (Å²) in [6, 6.07) is 3.95. The molecule has 0 amide bonds. The van der Waals surface area contributed by atoms with Crippen molar-refractivity contribution in [3.05, 3.63) is 29.0 Å². The number of pyridine rings is 1. The van der Waals surface area contributed by atoms with Crippen LogP contribution >= 0.6 is 11.6 Å². The first-order valence-electron chi connectivity index (χ1n) is 6.49. The Labute approximate surface area is 115 Å². The van der Waals surface area contributed by atoms with E-state index in [2.05, 4.69) is 30.7 Å². The van der Waals surface area contributed by atoms with Gasteiger partial charge in [-0.25, -0.2) is 4.98 Å². The van der Waals surface area contributed by atoms with Gasteiger partial charge in [0.25, 0.3) is 0 Å². The molecular weight excluding hydrogens is 246 g/mol. The lowest BCUT2D eigenvalue weighted by molar-refractivity contribution is 0.176. The molecule has 0 atom stereocenters. The van der Waals surface area contributed by atoms with Crippen molar-refractivity contribution in [2.24, 2.45) is 11.1 Å². The van der Waals surface area contributed by atoms with Gasteiger partial charge in [0, 0.05) is 19.3 Å². The van der Waals surface area contributed by atoms with Gasteiger partial charge in [-0.2, -0.15) is 0 Å². The summed E-state index contributed by atoms with van der Waals surface area (Å²) in [4.78, 5) is 6.44. The van der Waals surface area contributed by atoms with Gasteiger partial charge in [0.15, 0.2) is 0 Å². The highest BCUT2D eigenvalue weighted by Crippen LogP contribution is 2.18. The second-order valence-corrected chi connectivity index (χ2v) is 5.95. The van der Waals surface area contributed by atoms with Crippen LogP contribution in [0.5, 0.6) is 0 Å². The Kier molecular flexibility index (Phi) is 6.06. The lowest BCUT2D eigenvalue weighted by atomic mass is 9.93. The molecule has 0 unspecified atom stereocenters. The molecule has 102 valence electrons. The Hall–Kier alpha value is -0.640. The Balaban J connectivity index is 2.68. The van der Waals surface area contributed by atoms with Crippen LogP contribution in [0.15, 0.2) is 18.3 Å². The molecule has 0 fully saturated rings. The number of hydrogen-bond donors (Lipinski definition) is 1. The molecule has 3 nitrogen and oxygen atoms in total. The van der Waals surface area contributed by atoms with Crippen LogP contribution in [0, 0.1) is 5.41 Å². The van der Waals surface area contributed by atoms with Crippen LogP contribution in [-0.4, -0.2) is 29.5 Å². The third-order valence-electron chi connectivity index (χ3n) is 2.94. The fourth-order valence-electron chi connectivity index (χ4n) is 2.00.